The molecule has 8 heteroatoms. The average molecular weight is 313 g/mol. The van der Waals surface area contributed by atoms with Gasteiger partial charge in [-0.15, -0.1) is 13.2 Å². The van der Waals surface area contributed by atoms with Crippen LogP contribution in [-0.2, 0) is 4.74 Å². The predicted octanol–water partition coefficient (Wildman–Crippen LogP) is 0.480. The zero-order valence-corrected chi connectivity index (χ0v) is 11.7. The van der Waals surface area contributed by atoms with Crippen LogP contribution in [0.3, 0.4) is 0 Å². The predicted molar refractivity (Wildman–Crippen MR) is 67.3 cm³/mol. The Morgan fingerprint density at radius 3 is 1.95 bits per heavy atom. The van der Waals surface area contributed by atoms with Gasteiger partial charge in [-0.05, 0) is 31.6 Å². The van der Waals surface area contributed by atoms with Gasteiger partial charge in [-0.3, -0.25) is 9.64 Å². The summed E-state index contributed by atoms with van der Waals surface area (Å²) in [6, 6.07) is 0. The lowest BCUT2D eigenvalue weighted by molar-refractivity contribution is -0.345. The molecule has 0 unspecified atom stereocenters. The lowest BCUT2D eigenvalue weighted by Gasteiger charge is -2.39. The Labute approximate surface area is 121 Å². The second-order valence-corrected chi connectivity index (χ2v) is 6.05. The minimum absolute atomic E-state index is 0.229. The fraction of sp³-hybridized carbons (Fsp3) is 1.00. The molecule has 124 valence electrons. The number of β-amino-alcohol motifs (C(OH)–C–C–N with tert-alkyl or cyclic N) is 2. The van der Waals surface area contributed by atoms with E-state index in [0.29, 0.717) is 32.2 Å². The van der Waals surface area contributed by atoms with E-state index in [-0.39, 0.29) is 19.0 Å². The third-order valence-corrected chi connectivity index (χ3v) is 4.29. The lowest BCUT2D eigenvalue weighted by atomic mass is 9.86. The first-order valence-electron chi connectivity index (χ1n) is 7.25. The van der Waals surface area contributed by atoms with Crippen molar-refractivity contribution in [2.45, 2.75) is 56.5 Å². The first-order valence-corrected chi connectivity index (χ1v) is 7.25. The maximum Gasteiger partial charge on any atom is 0.522 e. The van der Waals surface area contributed by atoms with E-state index in [1.54, 1.807) is 0 Å². The van der Waals surface area contributed by atoms with Crippen LogP contribution in [0.4, 0.5) is 13.2 Å². The lowest BCUT2D eigenvalue weighted by Crippen LogP contribution is -2.56. The molecule has 1 heterocycles. The van der Waals surface area contributed by atoms with Gasteiger partial charge in [0.05, 0.1) is 18.3 Å². The molecule has 2 fully saturated rings. The fourth-order valence-electron chi connectivity index (χ4n) is 3.21. The molecule has 0 aromatic carbocycles. The first kappa shape index (κ1) is 17.0. The Kier molecular flexibility index (Phi) is 5.48. The number of ether oxygens (including phenoxy) is 1. The van der Waals surface area contributed by atoms with Crippen molar-refractivity contribution in [2.75, 3.05) is 19.6 Å². The first-order chi connectivity index (χ1) is 9.74. The summed E-state index contributed by atoms with van der Waals surface area (Å²) in [6.45, 7) is 1.16. The highest BCUT2D eigenvalue weighted by Crippen LogP contribution is 2.31. The molecule has 0 radical (unpaired) electrons. The molecule has 0 bridgehead atoms. The highest BCUT2D eigenvalue weighted by atomic mass is 19.4. The summed E-state index contributed by atoms with van der Waals surface area (Å²) in [5, 5.41) is 28.7. The molecule has 1 aliphatic carbocycles. The van der Waals surface area contributed by atoms with Gasteiger partial charge < -0.3 is 15.3 Å². The van der Waals surface area contributed by atoms with Gasteiger partial charge in [0.1, 0.15) is 6.10 Å². The summed E-state index contributed by atoms with van der Waals surface area (Å²) in [5.74, 6) is 0.229. The second kappa shape index (κ2) is 6.78. The number of aliphatic hydroxyl groups excluding tert-OH is 3. The smallest absolute Gasteiger partial charge is 0.389 e. The molecule has 0 aromatic heterocycles. The molecule has 0 spiro atoms. The van der Waals surface area contributed by atoms with Gasteiger partial charge in [0, 0.05) is 19.6 Å². The quantitative estimate of drug-likeness (QED) is 0.707. The van der Waals surface area contributed by atoms with E-state index in [0.717, 1.165) is 0 Å². The third-order valence-electron chi connectivity index (χ3n) is 4.29. The summed E-state index contributed by atoms with van der Waals surface area (Å²) in [7, 11) is 0. The minimum Gasteiger partial charge on any atom is -0.389 e. The normalized spacial score (nSPS) is 39.4. The number of alkyl halides is 3. The Hall–Kier alpha value is -0.410. The molecule has 1 aliphatic heterocycles. The molecule has 0 aromatic rings. The van der Waals surface area contributed by atoms with Crippen LogP contribution < -0.4 is 0 Å². The van der Waals surface area contributed by atoms with Crippen molar-refractivity contribution >= 4 is 0 Å². The van der Waals surface area contributed by atoms with Crippen LogP contribution >= 0.6 is 0 Å². The van der Waals surface area contributed by atoms with E-state index in [9.17, 15) is 28.5 Å². The van der Waals surface area contributed by atoms with Crippen LogP contribution in [0.5, 0.6) is 0 Å². The molecule has 5 nitrogen and oxygen atoms in total. The number of aliphatic hydroxyl groups is 3. The van der Waals surface area contributed by atoms with Gasteiger partial charge in [0.25, 0.3) is 0 Å². The molecule has 0 amide bonds. The van der Waals surface area contributed by atoms with Crippen LogP contribution in [0.2, 0.25) is 0 Å². The van der Waals surface area contributed by atoms with Crippen LogP contribution in [0.25, 0.3) is 0 Å². The molecule has 1 saturated carbocycles. The number of halogens is 3. The van der Waals surface area contributed by atoms with Crippen LogP contribution in [0.15, 0.2) is 0 Å². The topological polar surface area (TPSA) is 73.2 Å². The zero-order valence-electron chi connectivity index (χ0n) is 11.7. The average Bonchev–Trinajstić information content (AvgIpc) is 2.36. The van der Waals surface area contributed by atoms with E-state index in [1.807, 2.05) is 4.90 Å². The molecular formula is C13H22F3NO4. The van der Waals surface area contributed by atoms with E-state index >= 15 is 0 Å². The van der Waals surface area contributed by atoms with Gasteiger partial charge in [0.15, 0.2) is 0 Å². The molecule has 2 aliphatic rings. The van der Waals surface area contributed by atoms with Gasteiger partial charge in [-0.1, -0.05) is 0 Å². The number of piperidine rings is 1. The number of hydrogen-bond donors (Lipinski definition) is 3. The van der Waals surface area contributed by atoms with Crippen molar-refractivity contribution in [1.82, 2.24) is 4.90 Å². The van der Waals surface area contributed by atoms with Crippen LogP contribution in [-0.4, -0.2) is 70.6 Å². The summed E-state index contributed by atoms with van der Waals surface area (Å²) in [5.41, 5.74) is 0. The van der Waals surface area contributed by atoms with Gasteiger partial charge >= 0.3 is 6.36 Å². The van der Waals surface area contributed by atoms with E-state index < -0.39 is 30.8 Å². The van der Waals surface area contributed by atoms with Crippen LogP contribution in [0, 0.1) is 5.92 Å². The zero-order chi connectivity index (χ0) is 15.6. The number of hydrogen-bond acceptors (Lipinski definition) is 5. The van der Waals surface area contributed by atoms with Crippen LogP contribution in [0.1, 0.15) is 25.7 Å². The number of rotatable bonds is 3. The van der Waals surface area contributed by atoms with E-state index in [4.69, 9.17) is 0 Å². The molecule has 21 heavy (non-hydrogen) atoms. The summed E-state index contributed by atoms with van der Waals surface area (Å²) in [4.78, 5) is 1.86. The van der Waals surface area contributed by atoms with Crippen molar-refractivity contribution in [1.29, 1.82) is 0 Å². The Balaban J connectivity index is 1.74. The standard InChI is InChI=1S/C13H22F3NO4/c14-13(15,16)21-9-3-1-8(2-4-9)5-17-6-10(18)12(20)11(19)7-17/h8-12,18-20H,1-7H2/t8-,9-,10-,11+,12+. The Morgan fingerprint density at radius 1 is 0.952 bits per heavy atom. The number of likely N-dealkylation sites (tertiary alicyclic amines) is 1. The minimum atomic E-state index is -4.57. The molecule has 1 saturated heterocycles. The van der Waals surface area contributed by atoms with Crippen molar-refractivity contribution in [3.05, 3.63) is 0 Å². The SMILES string of the molecule is O[C@H]1[C@H](O)CN(C[C@H]2CC[C@H](OC(F)(F)F)CC2)C[C@@H]1O. The van der Waals surface area contributed by atoms with Crippen molar-refractivity contribution in [3.8, 4) is 0 Å². The highest BCUT2D eigenvalue weighted by Gasteiger charge is 2.37. The summed E-state index contributed by atoms with van der Waals surface area (Å²) in [6.07, 6.45) is -6.44. The molecular weight excluding hydrogens is 291 g/mol. The summed E-state index contributed by atoms with van der Waals surface area (Å²) < 4.78 is 40.4. The largest absolute Gasteiger partial charge is 0.522 e. The van der Waals surface area contributed by atoms with Crippen molar-refractivity contribution in [2.24, 2.45) is 5.92 Å². The van der Waals surface area contributed by atoms with Gasteiger partial charge in [0.2, 0.25) is 0 Å². The van der Waals surface area contributed by atoms with Gasteiger partial charge in [-0.2, -0.15) is 0 Å². The second-order valence-electron chi connectivity index (χ2n) is 6.05. The number of nitrogens with zero attached hydrogens (tertiary/aromatic N) is 1. The van der Waals surface area contributed by atoms with Crippen molar-refractivity contribution < 1.29 is 33.2 Å². The molecule has 3 atom stereocenters. The third kappa shape index (κ3) is 5.07. The molecule has 2 rings (SSSR count). The van der Waals surface area contributed by atoms with E-state index in [2.05, 4.69) is 4.74 Å². The molecule has 3 N–H and O–H groups in total. The monoisotopic (exact) mass is 313 g/mol. The Morgan fingerprint density at radius 2 is 1.48 bits per heavy atom. The van der Waals surface area contributed by atoms with Gasteiger partial charge in [-0.25, -0.2) is 0 Å². The maximum absolute atomic E-state index is 12.1. The van der Waals surface area contributed by atoms with E-state index in [1.165, 1.54) is 0 Å². The fourth-order valence-corrected chi connectivity index (χ4v) is 3.21. The highest BCUT2D eigenvalue weighted by molar-refractivity contribution is 4.87. The Bertz CT molecular complexity index is 322. The summed E-state index contributed by atoms with van der Waals surface area (Å²) >= 11 is 0. The maximum atomic E-state index is 12.1. The van der Waals surface area contributed by atoms with Crippen molar-refractivity contribution in [3.63, 3.8) is 0 Å².